The van der Waals surface area contributed by atoms with E-state index >= 15 is 0 Å². The Bertz CT molecular complexity index is 1130. The first-order valence-corrected chi connectivity index (χ1v) is 14.3. The Hall–Kier alpha value is -2.60. The van der Waals surface area contributed by atoms with E-state index in [1.165, 1.54) is 24.0 Å². The van der Waals surface area contributed by atoms with Crippen LogP contribution in [0.25, 0.3) is 11.1 Å². The molecule has 0 amide bonds. The summed E-state index contributed by atoms with van der Waals surface area (Å²) in [5, 5.41) is 0. The van der Waals surface area contributed by atoms with E-state index in [0.717, 1.165) is 17.8 Å². The third kappa shape index (κ3) is 4.17. The molecule has 6 rings (SSSR count). The fourth-order valence-electron chi connectivity index (χ4n) is 8.33. The van der Waals surface area contributed by atoms with Gasteiger partial charge in [0, 0.05) is 0 Å². The molecule has 2 aromatic carbocycles. The molecule has 0 spiro atoms. The van der Waals surface area contributed by atoms with Crippen molar-refractivity contribution in [3.63, 3.8) is 0 Å². The third-order valence-corrected chi connectivity index (χ3v) is 10.2. The van der Waals surface area contributed by atoms with Gasteiger partial charge in [0.15, 0.2) is 0 Å². The van der Waals surface area contributed by atoms with Crippen LogP contribution in [0.2, 0.25) is 0 Å². The van der Waals surface area contributed by atoms with Crippen LogP contribution in [-0.2, 0) is 0 Å². The molecule has 2 fully saturated rings. The quantitative estimate of drug-likeness (QED) is 0.414. The molecule has 0 saturated heterocycles. The lowest BCUT2D eigenvalue weighted by atomic mass is 9.65. The number of allylic oxidation sites excluding steroid dienone is 8. The average molecular weight is 475 g/mol. The first-order valence-electron chi connectivity index (χ1n) is 14.3. The van der Waals surface area contributed by atoms with Gasteiger partial charge in [0.2, 0.25) is 0 Å². The Labute approximate surface area is 218 Å². The van der Waals surface area contributed by atoms with Gasteiger partial charge in [-0.3, -0.25) is 0 Å². The van der Waals surface area contributed by atoms with Crippen LogP contribution >= 0.6 is 0 Å². The SMILES string of the molecule is CC1CC(C(C)(C)C)CC1[C@@H](c1ccc(-c2ccccc2)cc1)C1C2C=CC=CC2C2C=CC=CC21. The lowest BCUT2D eigenvalue weighted by molar-refractivity contribution is 0.196. The summed E-state index contributed by atoms with van der Waals surface area (Å²) in [5.74, 6) is 6.05. The predicted octanol–water partition coefficient (Wildman–Crippen LogP) is 9.49. The van der Waals surface area contributed by atoms with Gasteiger partial charge >= 0.3 is 0 Å². The van der Waals surface area contributed by atoms with E-state index in [4.69, 9.17) is 0 Å². The van der Waals surface area contributed by atoms with Crippen molar-refractivity contribution in [2.75, 3.05) is 0 Å². The van der Waals surface area contributed by atoms with Gasteiger partial charge in [0.1, 0.15) is 0 Å². The zero-order chi connectivity index (χ0) is 24.9. The fraction of sp³-hybridized carbons (Fsp3) is 0.444. The highest BCUT2D eigenvalue weighted by Gasteiger charge is 2.53. The topological polar surface area (TPSA) is 0 Å². The van der Waals surface area contributed by atoms with Crippen molar-refractivity contribution < 1.29 is 0 Å². The Morgan fingerprint density at radius 3 is 1.69 bits per heavy atom. The second-order valence-electron chi connectivity index (χ2n) is 13.1. The molecule has 186 valence electrons. The molecule has 4 aliphatic rings. The zero-order valence-electron chi connectivity index (χ0n) is 22.4. The monoisotopic (exact) mass is 474 g/mol. The zero-order valence-corrected chi connectivity index (χ0v) is 22.4. The van der Waals surface area contributed by atoms with Gasteiger partial charge in [-0.2, -0.15) is 0 Å². The first-order chi connectivity index (χ1) is 17.4. The van der Waals surface area contributed by atoms with Crippen molar-refractivity contribution in [1.29, 1.82) is 0 Å². The first kappa shape index (κ1) is 23.8. The molecule has 0 bridgehead atoms. The van der Waals surface area contributed by atoms with Gasteiger partial charge in [0.25, 0.3) is 0 Å². The van der Waals surface area contributed by atoms with Crippen molar-refractivity contribution >= 4 is 0 Å². The molecule has 7 unspecified atom stereocenters. The van der Waals surface area contributed by atoms with Crippen molar-refractivity contribution in [1.82, 2.24) is 0 Å². The number of rotatable bonds is 4. The lowest BCUT2D eigenvalue weighted by Gasteiger charge is -2.39. The van der Waals surface area contributed by atoms with E-state index in [2.05, 4.69) is 131 Å². The fourth-order valence-corrected chi connectivity index (χ4v) is 8.33. The van der Waals surface area contributed by atoms with Crippen molar-refractivity contribution in [2.24, 2.45) is 52.8 Å². The maximum atomic E-state index is 2.56. The summed E-state index contributed by atoms with van der Waals surface area (Å²) in [4.78, 5) is 0. The van der Waals surface area contributed by atoms with Crippen LogP contribution in [0.15, 0.2) is 103 Å². The summed E-state index contributed by atoms with van der Waals surface area (Å²) < 4.78 is 0. The summed E-state index contributed by atoms with van der Waals surface area (Å²) in [6.45, 7) is 9.93. The summed E-state index contributed by atoms with van der Waals surface area (Å²) in [7, 11) is 0. The maximum absolute atomic E-state index is 2.56. The second-order valence-corrected chi connectivity index (χ2v) is 13.1. The third-order valence-electron chi connectivity index (χ3n) is 10.2. The van der Waals surface area contributed by atoms with E-state index < -0.39 is 0 Å². The number of fused-ring (bicyclic) bond motifs is 3. The Kier molecular flexibility index (Phi) is 6.19. The van der Waals surface area contributed by atoms with Crippen LogP contribution < -0.4 is 0 Å². The lowest BCUT2D eigenvalue weighted by Crippen LogP contribution is -2.31. The minimum atomic E-state index is 0.381. The van der Waals surface area contributed by atoms with E-state index in [0.29, 0.717) is 40.9 Å². The minimum absolute atomic E-state index is 0.381. The van der Waals surface area contributed by atoms with Crippen LogP contribution in [-0.4, -0.2) is 0 Å². The smallest absolute Gasteiger partial charge is 0.00909 e. The highest BCUT2D eigenvalue weighted by molar-refractivity contribution is 5.63. The van der Waals surface area contributed by atoms with E-state index in [1.54, 1.807) is 5.56 Å². The Morgan fingerprint density at radius 1 is 0.639 bits per heavy atom. The van der Waals surface area contributed by atoms with Crippen LogP contribution in [0.1, 0.15) is 52.0 Å². The van der Waals surface area contributed by atoms with Crippen LogP contribution in [0.5, 0.6) is 0 Å². The largest absolute Gasteiger partial charge is 0.0805 e. The molecule has 4 aliphatic carbocycles. The van der Waals surface area contributed by atoms with Crippen LogP contribution in [0.3, 0.4) is 0 Å². The van der Waals surface area contributed by atoms with Crippen LogP contribution in [0, 0.1) is 52.8 Å². The standard InChI is InChI=1S/C36H42/c1-24-22-28(36(2,3)4)23-33(24)34(27-20-18-26(19-21-27)25-12-6-5-7-13-25)35-31-16-10-8-14-29(31)30-15-9-11-17-32(30)35/h5-21,24,28-35H,22-23H2,1-4H3/t24?,28?,29?,30?,31?,32?,33?,34-,35?/m1/s1. The highest BCUT2D eigenvalue weighted by atomic mass is 14.6. The number of hydrogen-bond donors (Lipinski definition) is 0. The summed E-state index contributed by atoms with van der Waals surface area (Å²) in [5.41, 5.74) is 4.58. The molecule has 0 nitrogen and oxygen atoms in total. The van der Waals surface area contributed by atoms with E-state index in [-0.39, 0.29) is 0 Å². The van der Waals surface area contributed by atoms with Gasteiger partial charge in [-0.05, 0) is 88.2 Å². The minimum Gasteiger partial charge on any atom is -0.0805 e. The van der Waals surface area contributed by atoms with Gasteiger partial charge in [0.05, 0.1) is 0 Å². The van der Waals surface area contributed by atoms with Gasteiger partial charge in [-0.1, -0.05) is 131 Å². The molecule has 8 atom stereocenters. The van der Waals surface area contributed by atoms with Crippen molar-refractivity contribution in [3.05, 3.63) is 109 Å². The molecule has 2 aromatic rings. The van der Waals surface area contributed by atoms with Crippen LogP contribution in [0.4, 0.5) is 0 Å². The molecule has 0 heteroatoms. The summed E-state index contributed by atoms with van der Waals surface area (Å²) in [6, 6.07) is 20.6. The maximum Gasteiger partial charge on any atom is -0.00909 e. The molecule has 36 heavy (non-hydrogen) atoms. The average Bonchev–Trinajstić information content (AvgIpc) is 3.44. The van der Waals surface area contributed by atoms with Crippen molar-refractivity contribution in [3.8, 4) is 11.1 Å². The van der Waals surface area contributed by atoms with Crippen molar-refractivity contribution in [2.45, 2.75) is 46.5 Å². The van der Waals surface area contributed by atoms with Gasteiger partial charge in [-0.25, -0.2) is 0 Å². The molecule has 0 radical (unpaired) electrons. The van der Waals surface area contributed by atoms with Gasteiger partial charge in [-0.15, -0.1) is 0 Å². The van der Waals surface area contributed by atoms with E-state index in [1.807, 2.05) is 0 Å². The summed E-state index contributed by atoms with van der Waals surface area (Å²) in [6.07, 6.45) is 22.1. The number of benzene rings is 2. The molecule has 0 aromatic heterocycles. The van der Waals surface area contributed by atoms with Gasteiger partial charge < -0.3 is 0 Å². The molecule has 0 aliphatic heterocycles. The molecule has 0 N–H and O–H groups in total. The highest BCUT2D eigenvalue weighted by Crippen LogP contribution is 2.61. The molecule has 0 heterocycles. The van der Waals surface area contributed by atoms with E-state index in [9.17, 15) is 0 Å². The second kappa shape index (κ2) is 9.37. The normalized spacial score (nSPS) is 35.6. The molecule has 2 saturated carbocycles. The molecular formula is C36H42. The summed E-state index contributed by atoms with van der Waals surface area (Å²) >= 11 is 0. The predicted molar refractivity (Wildman–Crippen MR) is 153 cm³/mol. The Balaban J connectivity index is 1.42. The number of hydrogen-bond acceptors (Lipinski definition) is 0. The Morgan fingerprint density at radius 2 is 1.17 bits per heavy atom. The molecular weight excluding hydrogens is 432 g/mol.